The molecular weight excluding hydrogens is 324 g/mol. The quantitative estimate of drug-likeness (QED) is 0.761. The van der Waals surface area contributed by atoms with E-state index in [1.54, 1.807) is 36.4 Å². The molecule has 0 atom stereocenters. The summed E-state index contributed by atoms with van der Waals surface area (Å²) in [5.74, 6) is 1.27. The number of ether oxygens (including phenoxy) is 2. The lowest BCUT2D eigenvalue weighted by atomic mass is 10.3. The van der Waals surface area contributed by atoms with Crippen molar-refractivity contribution in [2.45, 2.75) is 44.4 Å². The van der Waals surface area contributed by atoms with Crippen LogP contribution in [0.4, 0.5) is 0 Å². The Morgan fingerprint density at radius 1 is 0.750 bits per heavy atom. The Kier molecular flexibility index (Phi) is 10.5. The van der Waals surface area contributed by atoms with Crippen LogP contribution in [-0.4, -0.2) is 22.1 Å². The third-order valence-electron chi connectivity index (χ3n) is 2.81. The largest absolute Gasteiger partial charge is 0.497 e. The van der Waals surface area contributed by atoms with Gasteiger partial charge < -0.3 is 9.47 Å². The average Bonchev–Trinajstić information content (AvgIpc) is 2.66. The van der Waals surface area contributed by atoms with E-state index < -0.39 is 9.84 Å². The van der Waals surface area contributed by atoms with Crippen LogP contribution in [0, 0.1) is 0 Å². The van der Waals surface area contributed by atoms with Gasteiger partial charge in [-0.1, -0.05) is 27.7 Å². The maximum Gasteiger partial charge on any atom is 0.206 e. The van der Waals surface area contributed by atoms with Crippen molar-refractivity contribution in [3.8, 4) is 11.5 Å². The van der Waals surface area contributed by atoms with E-state index in [0.29, 0.717) is 18.1 Å². The molecule has 24 heavy (non-hydrogen) atoms. The smallest absolute Gasteiger partial charge is 0.206 e. The van der Waals surface area contributed by atoms with Gasteiger partial charge in [0.25, 0.3) is 0 Å². The summed E-state index contributed by atoms with van der Waals surface area (Å²) in [7, 11) is -1.97. The number of hydrogen-bond donors (Lipinski definition) is 0. The molecule has 0 amide bonds. The standard InChI is InChI=1S/C15H16O4S.2C2H6/c1-3-19-13-6-10-15(11-7-13)20(16,17)14-8-4-12(18-2)5-9-14;2*1-2/h4-11H,3H2,1-2H3;2*1-2H3. The van der Waals surface area contributed by atoms with E-state index in [1.165, 1.54) is 19.2 Å². The van der Waals surface area contributed by atoms with Crippen LogP contribution in [0.3, 0.4) is 0 Å². The van der Waals surface area contributed by atoms with Gasteiger partial charge >= 0.3 is 0 Å². The first-order valence-electron chi connectivity index (χ1n) is 8.20. The molecule has 0 radical (unpaired) electrons. The first-order chi connectivity index (χ1) is 11.6. The zero-order valence-corrected chi connectivity index (χ0v) is 16.2. The molecule has 2 aromatic rings. The Bertz CT molecular complexity index is 660. The minimum atomic E-state index is -3.51. The Morgan fingerprint density at radius 2 is 1.12 bits per heavy atom. The maximum absolute atomic E-state index is 12.4. The van der Waals surface area contributed by atoms with Gasteiger partial charge in [0.15, 0.2) is 0 Å². The highest BCUT2D eigenvalue weighted by Gasteiger charge is 2.17. The monoisotopic (exact) mass is 352 g/mol. The van der Waals surface area contributed by atoms with Crippen LogP contribution in [0.5, 0.6) is 11.5 Å². The molecule has 0 aliphatic rings. The molecule has 0 unspecified atom stereocenters. The molecule has 0 aromatic heterocycles. The van der Waals surface area contributed by atoms with Crippen molar-refractivity contribution in [2.24, 2.45) is 0 Å². The van der Waals surface area contributed by atoms with Crippen molar-refractivity contribution in [1.82, 2.24) is 0 Å². The second kappa shape index (κ2) is 11.5. The highest BCUT2D eigenvalue weighted by atomic mass is 32.2. The van der Waals surface area contributed by atoms with Gasteiger partial charge in [0.1, 0.15) is 11.5 Å². The van der Waals surface area contributed by atoms with Crippen LogP contribution < -0.4 is 9.47 Å². The maximum atomic E-state index is 12.4. The molecule has 0 N–H and O–H groups in total. The SMILES string of the molecule is CC.CC.CCOc1ccc(S(=O)(=O)c2ccc(OC)cc2)cc1. The highest BCUT2D eigenvalue weighted by molar-refractivity contribution is 7.91. The fraction of sp³-hybridized carbons (Fsp3) is 0.368. The molecular formula is C19H28O4S. The molecule has 0 aliphatic carbocycles. The van der Waals surface area contributed by atoms with E-state index in [1.807, 2.05) is 34.6 Å². The van der Waals surface area contributed by atoms with Gasteiger partial charge in [-0.3, -0.25) is 0 Å². The van der Waals surface area contributed by atoms with E-state index in [0.717, 1.165) is 0 Å². The summed E-state index contributed by atoms with van der Waals surface area (Å²) in [5.41, 5.74) is 0. The van der Waals surface area contributed by atoms with E-state index in [4.69, 9.17) is 9.47 Å². The molecule has 0 saturated carbocycles. The van der Waals surface area contributed by atoms with Crippen molar-refractivity contribution in [1.29, 1.82) is 0 Å². The van der Waals surface area contributed by atoms with Gasteiger partial charge in [-0.05, 0) is 55.5 Å². The van der Waals surface area contributed by atoms with Crippen molar-refractivity contribution in [3.63, 3.8) is 0 Å². The first kappa shape index (κ1) is 22.0. The second-order valence-electron chi connectivity index (χ2n) is 4.08. The molecule has 0 saturated heterocycles. The van der Waals surface area contributed by atoms with Crippen LogP contribution in [0.15, 0.2) is 58.3 Å². The Balaban J connectivity index is 0.00000123. The van der Waals surface area contributed by atoms with Crippen LogP contribution in [0.1, 0.15) is 34.6 Å². The Labute approximate surface area is 146 Å². The third-order valence-corrected chi connectivity index (χ3v) is 4.60. The number of rotatable bonds is 5. The van der Waals surface area contributed by atoms with Crippen molar-refractivity contribution < 1.29 is 17.9 Å². The lowest BCUT2D eigenvalue weighted by Gasteiger charge is -2.07. The highest BCUT2D eigenvalue weighted by Crippen LogP contribution is 2.24. The third kappa shape index (κ3) is 5.89. The van der Waals surface area contributed by atoms with Crippen LogP contribution in [0.25, 0.3) is 0 Å². The van der Waals surface area contributed by atoms with Crippen LogP contribution in [-0.2, 0) is 9.84 Å². The predicted molar refractivity (Wildman–Crippen MR) is 98.8 cm³/mol. The summed E-state index contributed by atoms with van der Waals surface area (Å²) in [5, 5.41) is 0. The zero-order valence-electron chi connectivity index (χ0n) is 15.4. The first-order valence-corrected chi connectivity index (χ1v) is 9.68. The molecule has 4 nitrogen and oxygen atoms in total. The molecule has 134 valence electrons. The number of benzene rings is 2. The van der Waals surface area contributed by atoms with Gasteiger partial charge in [0, 0.05) is 0 Å². The summed E-state index contributed by atoms with van der Waals surface area (Å²) >= 11 is 0. The van der Waals surface area contributed by atoms with Gasteiger partial charge in [-0.2, -0.15) is 0 Å². The van der Waals surface area contributed by atoms with E-state index in [-0.39, 0.29) is 9.79 Å². The zero-order chi connectivity index (χ0) is 18.6. The molecule has 0 aliphatic heterocycles. The summed E-state index contributed by atoms with van der Waals surface area (Å²) in [6, 6.07) is 12.7. The van der Waals surface area contributed by atoms with Gasteiger partial charge in [0.05, 0.1) is 23.5 Å². The molecule has 0 heterocycles. The summed E-state index contributed by atoms with van der Waals surface area (Å²) in [6.45, 7) is 10.4. The lowest BCUT2D eigenvalue weighted by Crippen LogP contribution is -2.02. The van der Waals surface area contributed by atoms with E-state index in [9.17, 15) is 8.42 Å². The summed E-state index contributed by atoms with van der Waals surface area (Å²) in [6.07, 6.45) is 0. The number of sulfone groups is 1. The normalized spacial score (nSPS) is 9.75. The van der Waals surface area contributed by atoms with Gasteiger partial charge in [0.2, 0.25) is 9.84 Å². The predicted octanol–water partition coefficient (Wildman–Crippen LogP) is 4.98. The molecule has 2 rings (SSSR count). The topological polar surface area (TPSA) is 52.6 Å². The lowest BCUT2D eigenvalue weighted by molar-refractivity contribution is 0.340. The van der Waals surface area contributed by atoms with Crippen molar-refractivity contribution in [2.75, 3.05) is 13.7 Å². The molecule has 5 heteroatoms. The molecule has 0 fully saturated rings. The van der Waals surface area contributed by atoms with Crippen LogP contribution in [0.2, 0.25) is 0 Å². The van der Waals surface area contributed by atoms with E-state index >= 15 is 0 Å². The fourth-order valence-corrected chi connectivity index (χ4v) is 3.03. The minimum Gasteiger partial charge on any atom is -0.497 e. The molecule has 2 aromatic carbocycles. The van der Waals surface area contributed by atoms with E-state index in [2.05, 4.69) is 0 Å². The fourth-order valence-electron chi connectivity index (χ4n) is 1.77. The van der Waals surface area contributed by atoms with Crippen molar-refractivity contribution >= 4 is 9.84 Å². The Hall–Kier alpha value is -2.01. The number of hydrogen-bond acceptors (Lipinski definition) is 4. The molecule has 0 bridgehead atoms. The second-order valence-corrected chi connectivity index (χ2v) is 6.03. The number of methoxy groups -OCH3 is 1. The molecule has 0 spiro atoms. The summed E-state index contributed by atoms with van der Waals surface area (Å²) in [4.78, 5) is 0.480. The summed E-state index contributed by atoms with van der Waals surface area (Å²) < 4.78 is 35.2. The average molecular weight is 352 g/mol. The minimum absolute atomic E-state index is 0.238. The Morgan fingerprint density at radius 3 is 1.46 bits per heavy atom. The van der Waals surface area contributed by atoms with Gasteiger partial charge in [-0.25, -0.2) is 8.42 Å². The van der Waals surface area contributed by atoms with Gasteiger partial charge in [-0.15, -0.1) is 0 Å². The van der Waals surface area contributed by atoms with Crippen LogP contribution >= 0.6 is 0 Å². The van der Waals surface area contributed by atoms with Crippen molar-refractivity contribution in [3.05, 3.63) is 48.5 Å².